The van der Waals surface area contributed by atoms with Gasteiger partial charge >= 0.3 is 17.9 Å². The minimum absolute atomic E-state index is 0.117. The molecule has 0 fully saturated rings. The molecule has 0 aliphatic carbocycles. The van der Waals surface area contributed by atoms with Gasteiger partial charge in [0, 0.05) is 19.6 Å². The number of nitrogens with zero attached hydrogens (tertiary/aromatic N) is 1. The van der Waals surface area contributed by atoms with Gasteiger partial charge in [0.1, 0.15) is 19.8 Å². The largest absolute Gasteiger partial charge is 0.461 e. The molecule has 6 aromatic rings. The number of hydrogen-bond donors (Lipinski definition) is 0. The Hall–Kier alpha value is -5.53. The highest BCUT2D eigenvalue weighted by molar-refractivity contribution is 5.84. The van der Waals surface area contributed by atoms with E-state index < -0.39 is 0 Å². The van der Waals surface area contributed by atoms with Crippen LogP contribution >= 0.6 is 0 Å². The summed E-state index contributed by atoms with van der Waals surface area (Å²) < 4.78 is 16.7. The standard InChI is InChI=1S/C42H39NO6/c44-40(47-28-31-13-16-34-7-1-4-10-37(34)25-31)19-22-43(23-20-41(45)48-29-32-14-17-35-8-2-5-11-38(35)26-32)24-21-42(46)49-30-33-15-18-36-9-3-6-12-39(36)27-33/h1-18,25-27H,19-24,28-30H2. The van der Waals surface area contributed by atoms with Gasteiger partial charge in [-0.1, -0.05) is 109 Å². The van der Waals surface area contributed by atoms with E-state index in [0.717, 1.165) is 49.0 Å². The van der Waals surface area contributed by atoms with E-state index in [-0.39, 0.29) is 57.0 Å². The number of esters is 3. The van der Waals surface area contributed by atoms with Crippen molar-refractivity contribution in [3.63, 3.8) is 0 Å². The molecule has 0 aromatic heterocycles. The first-order chi connectivity index (χ1) is 24.0. The number of fused-ring (bicyclic) bond motifs is 3. The van der Waals surface area contributed by atoms with Gasteiger partial charge in [0.05, 0.1) is 19.3 Å². The second-order valence-corrected chi connectivity index (χ2v) is 12.1. The summed E-state index contributed by atoms with van der Waals surface area (Å²) >= 11 is 0. The minimum atomic E-state index is -0.351. The van der Waals surface area contributed by atoms with Gasteiger partial charge in [-0.3, -0.25) is 14.4 Å². The van der Waals surface area contributed by atoms with Crippen LogP contribution in [-0.4, -0.2) is 42.4 Å². The topological polar surface area (TPSA) is 82.1 Å². The Kier molecular flexibility index (Phi) is 11.3. The van der Waals surface area contributed by atoms with Crippen LogP contribution in [0.1, 0.15) is 36.0 Å². The van der Waals surface area contributed by atoms with Gasteiger partial charge in [-0.25, -0.2) is 0 Å². The number of hydrogen-bond acceptors (Lipinski definition) is 7. The zero-order valence-electron chi connectivity index (χ0n) is 27.4. The first kappa shape index (κ1) is 33.4. The Morgan fingerprint density at radius 1 is 0.388 bits per heavy atom. The molecule has 248 valence electrons. The van der Waals surface area contributed by atoms with E-state index in [0.29, 0.717) is 19.6 Å². The van der Waals surface area contributed by atoms with Crippen molar-refractivity contribution >= 4 is 50.2 Å². The van der Waals surface area contributed by atoms with E-state index >= 15 is 0 Å². The molecule has 0 spiro atoms. The van der Waals surface area contributed by atoms with Crippen molar-refractivity contribution in [1.82, 2.24) is 4.90 Å². The van der Waals surface area contributed by atoms with Gasteiger partial charge in [0.25, 0.3) is 0 Å². The Morgan fingerprint density at radius 3 is 0.980 bits per heavy atom. The predicted molar refractivity (Wildman–Crippen MR) is 192 cm³/mol. The van der Waals surface area contributed by atoms with Gasteiger partial charge < -0.3 is 19.1 Å². The maximum Gasteiger partial charge on any atom is 0.307 e. The Morgan fingerprint density at radius 2 is 0.673 bits per heavy atom. The van der Waals surface area contributed by atoms with Crippen LogP contribution in [0.4, 0.5) is 0 Å². The van der Waals surface area contributed by atoms with Crippen LogP contribution in [0.25, 0.3) is 32.3 Å². The average Bonchev–Trinajstić information content (AvgIpc) is 3.14. The van der Waals surface area contributed by atoms with Crippen molar-refractivity contribution in [2.75, 3.05) is 19.6 Å². The number of rotatable bonds is 15. The van der Waals surface area contributed by atoms with Crippen LogP contribution in [0.2, 0.25) is 0 Å². The summed E-state index contributed by atoms with van der Waals surface area (Å²) in [5.74, 6) is -1.05. The molecule has 0 aliphatic rings. The molecule has 0 atom stereocenters. The second-order valence-electron chi connectivity index (χ2n) is 12.1. The summed E-state index contributed by atoms with van der Waals surface area (Å²) in [5.41, 5.74) is 2.73. The van der Waals surface area contributed by atoms with Gasteiger partial charge in [-0.2, -0.15) is 0 Å². The molecule has 0 radical (unpaired) electrons. The van der Waals surface area contributed by atoms with Crippen LogP contribution in [0, 0.1) is 0 Å². The molecule has 0 bridgehead atoms. The van der Waals surface area contributed by atoms with Gasteiger partial charge in [-0.05, 0) is 67.2 Å². The first-order valence-electron chi connectivity index (χ1n) is 16.6. The Bertz CT molecular complexity index is 1840. The van der Waals surface area contributed by atoms with Crippen LogP contribution in [0.3, 0.4) is 0 Å². The highest BCUT2D eigenvalue weighted by Gasteiger charge is 2.15. The van der Waals surface area contributed by atoms with Crippen molar-refractivity contribution in [3.05, 3.63) is 144 Å². The maximum absolute atomic E-state index is 12.7. The van der Waals surface area contributed by atoms with Crippen LogP contribution in [0.15, 0.2) is 127 Å². The first-order valence-corrected chi connectivity index (χ1v) is 16.6. The normalized spacial score (nSPS) is 11.2. The average molecular weight is 654 g/mol. The number of ether oxygens (including phenoxy) is 3. The predicted octanol–water partition coefficient (Wildman–Crippen LogP) is 8.15. The zero-order valence-corrected chi connectivity index (χ0v) is 27.4. The van der Waals surface area contributed by atoms with Crippen molar-refractivity contribution in [3.8, 4) is 0 Å². The smallest absolute Gasteiger partial charge is 0.307 e. The van der Waals surface area contributed by atoms with Crippen molar-refractivity contribution < 1.29 is 28.6 Å². The number of carbonyl (C=O) groups is 3. The molecular weight excluding hydrogens is 614 g/mol. The molecular formula is C42H39NO6. The quantitative estimate of drug-likeness (QED) is 0.0817. The van der Waals surface area contributed by atoms with E-state index in [1.807, 2.05) is 132 Å². The zero-order chi connectivity index (χ0) is 33.8. The molecule has 7 heteroatoms. The summed E-state index contributed by atoms with van der Waals surface area (Å²) in [7, 11) is 0. The van der Waals surface area contributed by atoms with Crippen LogP contribution in [-0.2, 0) is 48.4 Å². The number of benzene rings is 6. The van der Waals surface area contributed by atoms with Gasteiger partial charge in [0.15, 0.2) is 0 Å². The lowest BCUT2D eigenvalue weighted by Gasteiger charge is -2.21. The summed E-state index contributed by atoms with van der Waals surface area (Å²) in [6, 6.07) is 42.0. The molecule has 0 saturated carbocycles. The summed E-state index contributed by atoms with van der Waals surface area (Å²) in [4.78, 5) is 40.1. The fourth-order valence-corrected chi connectivity index (χ4v) is 5.78. The molecule has 0 N–H and O–H groups in total. The molecule has 0 saturated heterocycles. The monoisotopic (exact) mass is 653 g/mol. The van der Waals surface area contributed by atoms with Crippen LogP contribution in [0.5, 0.6) is 0 Å². The van der Waals surface area contributed by atoms with E-state index in [2.05, 4.69) is 0 Å². The van der Waals surface area contributed by atoms with Gasteiger partial charge in [0.2, 0.25) is 0 Å². The molecule has 6 aromatic carbocycles. The Labute approximate surface area is 286 Å². The van der Waals surface area contributed by atoms with Crippen molar-refractivity contribution in [2.24, 2.45) is 0 Å². The molecule has 7 nitrogen and oxygen atoms in total. The van der Waals surface area contributed by atoms with E-state index in [1.165, 1.54) is 0 Å². The lowest BCUT2D eigenvalue weighted by Crippen LogP contribution is -2.32. The lowest BCUT2D eigenvalue weighted by molar-refractivity contribution is -0.145. The van der Waals surface area contributed by atoms with E-state index in [1.54, 1.807) is 0 Å². The highest BCUT2D eigenvalue weighted by Crippen LogP contribution is 2.19. The fourth-order valence-electron chi connectivity index (χ4n) is 5.78. The summed E-state index contributed by atoms with van der Waals surface area (Å²) in [5, 5.41) is 6.63. The van der Waals surface area contributed by atoms with E-state index in [9.17, 15) is 14.4 Å². The molecule has 0 aliphatic heterocycles. The second kappa shape index (κ2) is 16.5. The SMILES string of the molecule is O=C(CCN(CCC(=O)OCc1ccc2ccccc2c1)CCC(=O)OCc1ccc2ccccc2c1)OCc1ccc2ccccc2c1. The molecule has 49 heavy (non-hydrogen) atoms. The Balaban J connectivity index is 0.997. The minimum Gasteiger partial charge on any atom is -0.461 e. The number of carbonyl (C=O) groups excluding carboxylic acids is 3. The molecule has 0 unspecified atom stereocenters. The van der Waals surface area contributed by atoms with Crippen molar-refractivity contribution in [2.45, 2.75) is 39.1 Å². The third-order valence-corrected chi connectivity index (χ3v) is 8.54. The van der Waals surface area contributed by atoms with Crippen molar-refractivity contribution in [1.29, 1.82) is 0 Å². The lowest BCUT2D eigenvalue weighted by atomic mass is 10.1. The molecule has 6 rings (SSSR count). The van der Waals surface area contributed by atoms with Gasteiger partial charge in [-0.15, -0.1) is 0 Å². The van der Waals surface area contributed by atoms with E-state index in [4.69, 9.17) is 14.2 Å². The third kappa shape index (κ3) is 9.75. The maximum atomic E-state index is 12.7. The summed E-state index contributed by atoms with van der Waals surface area (Å²) in [6.07, 6.45) is 0.351. The fraction of sp³-hybridized carbons (Fsp3) is 0.214. The molecule has 0 heterocycles. The third-order valence-electron chi connectivity index (χ3n) is 8.54. The molecule has 0 amide bonds. The highest BCUT2D eigenvalue weighted by atomic mass is 16.5. The summed E-state index contributed by atoms with van der Waals surface area (Å²) in [6.45, 7) is 1.50. The van der Waals surface area contributed by atoms with Crippen LogP contribution < -0.4 is 0 Å².